The number of nitrogens with one attached hydrogen (secondary N) is 1. The summed E-state index contributed by atoms with van der Waals surface area (Å²) in [5, 5.41) is 0. The van der Waals surface area contributed by atoms with Gasteiger partial charge >= 0.3 is 0 Å². The first-order valence-electron chi connectivity index (χ1n) is 4.36. The fourth-order valence-electron chi connectivity index (χ4n) is 1.08. The van der Waals surface area contributed by atoms with Gasteiger partial charge in [0.25, 0.3) is 0 Å². The van der Waals surface area contributed by atoms with Gasteiger partial charge in [-0.05, 0) is 31.3 Å². The van der Waals surface area contributed by atoms with Gasteiger partial charge in [-0.25, -0.2) is 10.8 Å². The van der Waals surface area contributed by atoms with Crippen LogP contribution >= 0.6 is 0 Å². The number of nitrogens with two attached hydrogens (primary N) is 1. The molecule has 0 spiro atoms. The van der Waals surface area contributed by atoms with Crippen LogP contribution in [0.25, 0.3) is 0 Å². The molecule has 0 bridgehead atoms. The van der Waals surface area contributed by atoms with Crippen molar-refractivity contribution in [2.45, 2.75) is 13.5 Å². The van der Waals surface area contributed by atoms with Crippen molar-refractivity contribution in [2.75, 3.05) is 19.0 Å². The third-order valence-corrected chi connectivity index (χ3v) is 1.96. The summed E-state index contributed by atoms with van der Waals surface area (Å²) in [6.45, 7) is 4.09. The minimum atomic E-state index is 0.710. The SMILES string of the molecule is CCN(C)Cc1ccnc(NN)c1. The number of hydrogen-bond donors (Lipinski definition) is 2. The van der Waals surface area contributed by atoms with E-state index in [2.05, 4.69) is 29.3 Å². The molecule has 72 valence electrons. The molecular formula is C9H16N4. The Kier molecular flexibility index (Phi) is 3.67. The number of anilines is 1. The van der Waals surface area contributed by atoms with Crippen molar-refractivity contribution in [1.82, 2.24) is 9.88 Å². The van der Waals surface area contributed by atoms with Crippen molar-refractivity contribution in [3.05, 3.63) is 23.9 Å². The highest BCUT2D eigenvalue weighted by Crippen LogP contribution is 2.07. The van der Waals surface area contributed by atoms with E-state index in [1.165, 1.54) is 5.56 Å². The number of aromatic nitrogens is 1. The van der Waals surface area contributed by atoms with Gasteiger partial charge in [0.2, 0.25) is 0 Å². The minimum Gasteiger partial charge on any atom is -0.308 e. The zero-order valence-electron chi connectivity index (χ0n) is 8.12. The maximum Gasteiger partial charge on any atom is 0.140 e. The molecule has 1 aromatic rings. The normalized spacial score (nSPS) is 10.5. The highest BCUT2D eigenvalue weighted by atomic mass is 15.2. The number of nitrogen functional groups attached to an aromatic ring is 1. The van der Waals surface area contributed by atoms with Crippen LogP contribution in [0.5, 0.6) is 0 Å². The lowest BCUT2D eigenvalue weighted by atomic mass is 10.2. The molecule has 4 heteroatoms. The molecule has 3 N–H and O–H groups in total. The standard InChI is InChI=1S/C9H16N4/c1-3-13(2)7-8-4-5-11-9(6-8)12-10/h4-6H,3,7,10H2,1-2H3,(H,11,12). The van der Waals surface area contributed by atoms with Gasteiger partial charge in [-0.15, -0.1) is 0 Å². The summed E-state index contributed by atoms with van der Waals surface area (Å²) >= 11 is 0. The molecule has 0 radical (unpaired) electrons. The Balaban J connectivity index is 2.66. The molecule has 0 aliphatic carbocycles. The second kappa shape index (κ2) is 4.79. The van der Waals surface area contributed by atoms with Crippen molar-refractivity contribution >= 4 is 5.82 Å². The summed E-state index contributed by atoms with van der Waals surface area (Å²) in [4.78, 5) is 6.25. The molecule has 1 rings (SSSR count). The van der Waals surface area contributed by atoms with Gasteiger partial charge in [0.05, 0.1) is 0 Å². The van der Waals surface area contributed by atoms with Crippen molar-refractivity contribution < 1.29 is 0 Å². The van der Waals surface area contributed by atoms with E-state index >= 15 is 0 Å². The van der Waals surface area contributed by atoms with Gasteiger partial charge in [0.15, 0.2) is 0 Å². The van der Waals surface area contributed by atoms with E-state index in [9.17, 15) is 0 Å². The average Bonchev–Trinajstić information content (AvgIpc) is 2.18. The number of pyridine rings is 1. The van der Waals surface area contributed by atoms with Gasteiger partial charge in [0, 0.05) is 12.7 Å². The van der Waals surface area contributed by atoms with E-state index in [4.69, 9.17) is 5.84 Å². The van der Waals surface area contributed by atoms with E-state index in [-0.39, 0.29) is 0 Å². The smallest absolute Gasteiger partial charge is 0.140 e. The van der Waals surface area contributed by atoms with Crippen LogP contribution in [0.2, 0.25) is 0 Å². The Labute approximate surface area is 78.7 Å². The Morgan fingerprint density at radius 2 is 2.38 bits per heavy atom. The van der Waals surface area contributed by atoms with E-state index < -0.39 is 0 Å². The number of hydrogen-bond acceptors (Lipinski definition) is 4. The Bertz CT molecular complexity index is 262. The highest BCUT2D eigenvalue weighted by Gasteiger charge is 1.98. The van der Waals surface area contributed by atoms with Crippen LogP contribution in [0.3, 0.4) is 0 Å². The first-order valence-corrected chi connectivity index (χ1v) is 4.36. The van der Waals surface area contributed by atoms with E-state index in [0.29, 0.717) is 5.82 Å². The first-order chi connectivity index (χ1) is 6.26. The lowest BCUT2D eigenvalue weighted by molar-refractivity contribution is 0.346. The lowest BCUT2D eigenvalue weighted by Gasteiger charge is -2.13. The molecule has 0 aromatic carbocycles. The molecule has 0 aliphatic heterocycles. The van der Waals surface area contributed by atoms with Gasteiger partial charge in [0.1, 0.15) is 5.82 Å². The summed E-state index contributed by atoms with van der Waals surface area (Å²) < 4.78 is 0. The highest BCUT2D eigenvalue weighted by molar-refractivity contribution is 5.35. The Hall–Kier alpha value is -1.13. The van der Waals surface area contributed by atoms with Crippen molar-refractivity contribution in [3.8, 4) is 0 Å². The zero-order valence-corrected chi connectivity index (χ0v) is 8.12. The number of rotatable bonds is 4. The molecule has 0 atom stereocenters. The van der Waals surface area contributed by atoms with Crippen molar-refractivity contribution in [1.29, 1.82) is 0 Å². The molecule has 1 aromatic heterocycles. The second-order valence-electron chi connectivity index (χ2n) is 3.02. The maximum atomic E-state index is 5.26. The van der Waals surface area contributed by atoms with Crippen LogP contribution in [0, 0.1) is 0 Å². The molecular weight excluding hydrogens is 164 g/mol. The molecule has 0 unspecified atom stereocenters. The molecule has 0 amide bonds. The summed E-state index contributed by atoms with van der Waals surface area (Å²) in [5.74, 6) is 5.97. The number of nitrogens with zero attached hydrogens (tertiary/aromatic N) is 2. The van der Waals surface area contributed by atoms with E-state index in [1.54, 1.807) is 6.20 Å². The van der Waals surface area contributed by atoms with Crippen molar-refractivity contribution in [3.63, 3.8) is 0 Å². The third kappa shape index (κ3) is 3.01. The zero-order chi connectivity index (χ0) is 9.68. The summed E-state index contributed by atoms with van der Waals surface area (Å²) in [5.41, 5.74) is 3.74. The summed E-state index contributed by atoms with van der Waals surface area (Å²) in [7, 11) is 2.08. The summed E-state index contributed by atoms with van der Waals surface area (Å²) in [6, 6.07) is 3.94. The topological polar surface area (TPSA) is 54.2 Å². The van der Waals surface area contributed by atoms with Crippen LogP contribution in [0.15, 0.2) is 18.3 Å². The fourth-order valence-corrected chi connectivity index (χ4v) is 1.08. The van der Waals surface area contributed by atoms with E-state index in [1.807, 2.05) is 12.1 Å². The molecule has 0 fully saturated rings. The quantitative estimate of drug-likeness (QED) is 0.532. The third-order valence-electron chi connectivity index (χ3n) is 1.96. The number of hydrazine groups is 1. The van der Waals surface area contributed by atoms with Gasteiger partial charge in [-0.2, -0.15) is 0 Å². The second-order valence-corrected chi connectivity index (χ2v) is 3.02. The molecule has 0 saturated carbocycles. The van der Waals surface area contributed by atoms with Crippen LogP contribution in [0.1, 0.15) is 12.5 Å². The molecule has 13 heavy (non-hydrogen) atoms. The predicted molar refractivity (Wildman–Crippen MR) is 54.1 cm³/mol. The van der Waals surface area contributed by atoms with Gasteiger partial charge < -0.3 is 10.3 Å². The molecule has 0 saturated heterocycles. The molecule has 1 heterocycles. The van der Waals surface area contributed by atoms with Crippen molar-refractivity contribution in [2.24, 2.45) is 5.84 Å². The van der Waals surface area contributed by atoms with Crippen LogP contribution in [-0.2, 0) is 6.54 Å². The van der Waals surface area contributed by atoms with Crippen LogP contribution < -0.4 is 11.3 Å². The fraction of sp³-hybridized carbons (Fsp3) is 0.444. The first kappa shape index (κ1) is 9.95. The predicted octanol–water partition coefficient (Wildman–Crippen LogP) is 0.819. The Morgan fingerprint density at radius 1 is 1.62 bits per heavy atom. The molecule has 0 aliphatic rings. The lowest BCUT2D eigenvalue weighted by Crippen LogP contribution is -2.17. The summed E-state index contributed by atoms with van der Waals surface area (Å²) in [6.07, 6.45) is 1.76. The van der Waals surface area contributed by atoms with Crippen LogP contribution in [-0.4, -0.2) is 23.5 Å². The van der Waals surface area contributed by atoms with Gasteiger partial charge in [-0.1, -0.05) is 6.92 Å². The minimum absolute atomic E-state index is 0.710. The Morgan fingerprint density at radius 3 is 3.00 bits per heavy atom. The monoisotopic (exact) mass is 180 g/mol. The van der Waals surface area contributed by atoms with E-state index in [0.717, 1.165) is 13.1 Å². The largest absolute Gasteiger partial charge is 0.308 e. The van der Waals surface area contributed by atoms with Crippen LogP contribution in [0.4, 0.5) is 5.82 Å². The van der Waals surface area contributed by atoms with Gasteiger partial charge in [-0.3, -0.25) is 0 Å². The average molecular weight is 180 g/mol. The molecule has 4 nitrogen and oxygen atoms in total. The maximum absolute atomic E-state index is 5.26.